The van der Waals surface area contributed by atoms with Crippen LogP contribution in [0.2, 0.25) is 0 Å². The topological polar surface area (TPSA) is 55.8 Å². The van der Waals surface area contributed by atoms with Gasteiger partial charge in [0.2, 0.25) is 0 Å². The van der Waals surface area contributed by atoms with Crippen LogP contribution < -0.4 is 0 Å². The van der Waals surface area contributed by atoms with E-state index in [0.29, 0.717) is 5.57 Å². The van der Waals surface area contributed by atoms with E-state index in [9.17, 15) is 4.79 Å². The van der Waals surface area contributed by atoms with Crippen molar-refractivity contribution in [2.24, 2.45) is 0 Å². The maximum atomic E-state index is 10.9. The molecule has 1 N–H and O–H groups in total. The van der Waals surface area contributed by atoms with Crippen LogP contribution in [0.25, 0.3) is 0 Å². The van der Waals surface area contributed by atoms with Gasteiger partial charge in [-0.1, -0.05) is 6.58 Å². The normalized spacial score (nSPS) is 12.2. The molecule has 0 heterocycles. The van der Waals surface area contributed by atoms with Gasteiger partial charge >= 0.3 is 5.97 Å². The minimum absolute atomic E-state index is 0.190. The second kappa shape index (κ2) is 5.74. The maximum absolute atomic E-state index is 10.9. The molecule has 0 aromatic heterocycles. The quantitative estimate of drug-likeness (QED) is 0.475. The third-order valence-electron chi connectivity index (χ3n) is 1.18. The first-order valence-corrected chi connectivity index (χ1v) is 3.58. The Hall–Kier alpha value is -0.870. The lowest BCUT2D eigenvalue weighted by molar-refractivity contribution is -0.149. The van der Waals surface area contributed by atoms with E-state index in [1.54, 1.807) is 6.92 Å². The third-order valence-corrected chi connectivity index (χ3v) is 1.18. The summed E-state index contributed by atoms with van der Waals surface area (Å²) in [6.45, 7) is 4.90. The van der Waals surface area contributed by atoms with Gasteiger partial charge in [-0.2, -0.15) is 0 Å². The molecule has 0 bridgehead atoms. The fourth-order valence-electron chi connectivity index (χ4n) is 0.562. The van der Waals surface area contributed by atoms with Crippen LogP contribution in [0, 0.1) is 0 Å². The molecule has 4 nitrogen and oxygen atoms in total. The second-order valence-electron chi connectivity index (χ2n) is 2.45. The number of hydrogen-bond acceptors (Lipinski definition) is 4. The van der Waals surface area contributed by atoms with Crippen LogP contribution >= 0.6 is 0 Å². The van der Waals surface area contributed by atoms with E-state index in [-0.39, 0.29) is 13.2 Å². The Kier molecular flexibility index (Phi) is 5.32. The molecule has 0 fully saturated rings. The van der Waals surface area contributed by atoms with E-state index in [0.717, 1.165) is 0 Å². The third kappa shape index (κ3) is 4.10. The Balaban J connectivity index is 3.85. The molecule has 1 atom stereocenters. The zero-order valence-electron chi connectivity index (χ0n) is 7.37. The Morgan fingerprint density at radius 1 is 1.67 bits per heavy atom. The van der Waals surface area contributed by atoms with Gasteiger partial charge in [0.05, 0.1) is 13.2 Å². The van der Waals surface area contributed by atoms with Gasteiger partial charge in [-0.3, -0.25) is 0 Å². The first-order valence-electron chi connectivity index (χ1n) is 3.58. The lowest BCUT2D eigenvalue weighted by Crippen LogP contribution is -2.26. The molecule has 0 amide bonds. The van der Waals surface area contributed by atoms with Crippen molar-refractivity contribution in [3.8, 4) is 0 Å². The highest BCUT2D eigenvalue weighted by Gasteiger charge is 2.12. The number of carbonyl (C=O) groups is 1. The average molecular weight is 174 g/mol. The molecule has 0 aliphatic carbocycles. The Labute approximate surface area is 71.8 Å². The molecule has 0 radical (unpaired) electrons. The summed E-state index contributed by atoms with van der Waals surface area (Å²) in [7, 11) is 1.47. The summed E-state index contributed by atoms with van der Waals surface area (Å²) in [5, 5.41) is 8.70. The van der Waals surface area contributed by atoms with Crippen molar-refractivity contribution in [1.29, 1.82) is 0 Å². The first-order chi connectivity index (χ1) is 5.61. The van der Waals surface area contributed by atoms with Crippen molar-refractivity contribution in [3.63, 3.8) is 0 Å². The van der Waals surface area contributed by atoms with E-state index in [4.69, 9.17) is 14.6 Å². The number of rotatable bonds is 5. The van der Waals surface area contributed by atoms with Crippen LogP contribution in [0.5, 0.6) is 0 Å². The van der Waals surface area contributed by atoms with Crippen LogP contribution in [-0.4, -0.2) is 37.5 Å². The molecule has 0 aromatic rings. The summed E-state index contributed by atoms with van der Waals surface area (Å²) in [5.74, 6) is -0.508. The maximum Gasteiger partial charge on any atom is 0.333 e. The summed E-state index contributed by atoms with van der Waals surface area (Å²) in [5.41, 5.74) is 0.310. The molecule has 0 spiro atoms. The molecule has 0 rings (SSSR count). The van der Waals surface area contributed by atoms with Crippen molar-refractivity contribution < 1.29 is 19.4 Å². The van der Waals surface area contributed by atoms with Gasteiger partial charge in [0.1, 0.15) is 6.10 Å². The molecule has 0 saturated heterocycles. The van der Waals surface area contributed by atoms with E-state index in [1.165, 1.54) is 7.11 Å². The first kappa shape index (κ1) is 11.1. The minimum atomic E-state index is -0.598. The number of carbonyl (C=O) groups excluding carboxylic acids is 1. The van der Waals surface area contributed by atoms with Gasteiger partial charge in [-0.15, -0.1) is 0 Å². The highest BCUT2D eigenvalue weighted by Crippen LogP contribution is 1.98. The number of ether oxygens (including phenoxy) is 2. The fourth-order valence-corrected chi connectivity index (χ4v) is 0.562. The number of hydrogen-bond donors (Lipinski definition) is 1. The highest BCUT2D eigenvalue weighted by molar-refractivity contribution is 5.87. The summed E-state index contributed by atoms with van der Waals surface area (Å²) >= 11 is 0. The summed E-state index contributed by atoms with van der Waals surface area (Å²) in [6, 6.07) is 0. The highest BCUT2D eigenvalue weighted by atomic mass is 16.6. The summed E-state index contributed by atoms with van der Waals surface area (Å²) in [6.07, 6.45) is -0.598. The molecule has 12 heavy (non-hydrogen) atoms. The van der Waals surface area contributed by atoms with Crippen LogP contribution in [0.1, 0.15) is 6.92 Å². The standard InChI is InChI=1S/C8H14O4/c1-6(2)8(10)12-7(4-9)5-11-3/h7,9H,1,4-5H2,2-3H3. The molecule has 0 aliphatic heterocycles. The molecule has 0 saturated carbocycles. The summed E-state index contributed by atoms with van der Waals surface area (Å²) < 4.78 is 9.50. The van der Waals surface area contributed by atoms with Crippen LogP contribution in [0.15, 0.2) is 12.2 Å². The van der Waals surface area contributed by atoms with Crippen LogP contribution in [0.3, 0.4) is 0 Å². The zero-order valence-corrected chi connectivity index (χ0v) is 7.37. The predicted octanol–water partition coefficient (Wildman–Crippen LogP) is 0.113. The van der Waals surface area contributed by atoms with Crippen molar-refractivity contribution in [2.45, 2.75) is 13.0 Å². The summed E-state index contributed by atoms with van der Waals surface area (Å²) in [4.78, 5) is 10.9. The smallest absolute Gasteiger partial charge is 0.333 e. The minimum Gasteiger partial charge on any atom is -0.454 e. The number of methoxy groups -OCH3 is 1. The Morgan fingerprint density at radius 2 is 2.25 bits per heavy atom. The van der Waals surface area contributed by atoms with Gasteiger partial charge in [-0.05, 0) is 6.92 Å². The average Bonchev–Trinajstić information content (AvgIpc) is 2.03. The molecular formula is C8H14O4. The zero-order chi connectivity index (χ0) is 9.56. The van der Waals surface area contributed by atoms with Crippen molar-refractivity contribution in [2.75, 3.05) is 20.3 Å². The fraction of sp³-hybridized carbons (Fsp3) is 0.625. The second-order valence-corrected chi connectivity index (χ2v) is 2.45. The molecular weight excluding hydrogens is 160 g/mol. The SMILES string of the molecule is C=C(C)C(=O)OC(CO)COC. The van der Waals surface area contributed by atoms with E-state index < -0.39 is 12.1 Å². The molecule has 1 unspecified atom stereocenters. The van der Waals surface area contributed by atoms with Crippen LogP contribution in [0.4, 0.5) is 0 Å². The van der Waals surface area contributed by atoms with Gasteiger partial charge < -0.3 is 14.6 Å². The molecule has 0 aliphatic rings. The van der Waals surface area contributed by atoms with Gasteiger partial charge in [0, 0.05) is 12.7 Å². The van der Waals surface area contributed by atoms with Gasteiger partial charge in [0.15, 0.2) is 0 Å². The lowest BCUT2D eigenvalue weighted by atomic mass is 10.3. The van der Waals surface area contributed by atoms with E-state index in [2.05, 4.69) is 6.58 Å². The monoisotopic (exact) mass is 174 g/mol. The van der Waals surface area contributed by atoms with Crippen molar-refractivity contribution >= 4 is 5.97 Å². The Morgan fingerprint density at radius 3 is 2.58 bits per heavy atom. The molecule has 0 aromatic carbocycles. The van der Waals surface area contributed by atoms with Gasteiger partial charge in [0.25, 0.3) is 0 Å². The lowest BCUT2D eigenvalue weighted by Gasteiger charge is -2.13. The number of aliphatic hydroxyl groups excluding tert-OH is 1. The van der Waals surface area contributed by atoms with E-state index >= 15 is 0 Å². The van der Waals surface area contributed by atoms with E-state index in [1.807, 2.05) is 0 Å². The molecule has 4 heteroatoms. The van der Waals surface area contributed by atoms with Crippen LogP contribution in [-0.2, 0) is 14.3 Å². The van der Waals surface area contributed by atoms with Crippen molar-refractivity contribution in [3.05, 3.63) is 12.2 Å². The predicted molar refractivity (Wildman–Crippen MR) is 43.7 cm³/mol. The van der Waals surface area contributed by atoms with Gasteiger partial charge in [-0.25, -0.2) is 4.79 Å². The number of aliphatic hydroxyl groups is 1. The molecule has 70 valence electrons. The largest absolute Gasteiger partial charge is 0.454 e. The Bertz CT molecular complexity index is 164. The van der Waals surface area contributed by atoms with Crippen molar-refractivity contribution in [1.82, 2.24) is 0 Å². The number of esters is 1.